The number of benzene rings is 1. The lowest BCUT2D eigenvalue weighted by atomic mass is 10.1. The molecule has 1 saturated heterocycles. The average Bonchev–Trinajstić information content (AvgIpc) is 2.87. The van der Waals surface area contributed by atoms with Gasteiger partial charge in [-0.15, -0.1) is 0 Å². The van der Waals surface area contributed by atoms with Crippen molar-refractivity contribution in [2.75, 3.05) is 24.5 Å². The smallest absolute Gasteiger partial charge is 0.229 e. The van der Waals surface area contributed by atoms with Crippen LogP contribution in [0.15, 0.2) is 18.2 Å². The molecule has 1 atom stereocenters. The zero-order chi connectivity index (χ0) is 17.0. The molecule has 0 bridgehead atoms. The van der Waals surface area contributed by atoms with Gasteiger partial charge in [-0.1, -0.05) is 6.07 Å². The molecular formula is C17H18N4O2. The SMILES string of the molecule is Cc1cc(C)cc(N2CC(C(=O)N(CC#N)CC#N)CC2=O)c1. The molecule has 1 aliphatic heterocycles. The highest BCUT2D eigenvalue weighted by Gasteiger charge is 2.37. The number of aryl methyl sites for hydroxylation is 2. The highest BCUT2D eigenvalue weighted by atomic mass is 16.2. The third kappa shape index (κ3) is 3.67. The Morgan fingerprint density at radius 1 is 1.22 bits per heavy atom. The van der Waals surface area contributed by atoms with Gasteiger partial charge in [0.05, 0.1) is 18.1 Å². The first-order valence-corrected chi connectivity index (χ1v) is 7.37. The third-order valence-electron chi connectivity index (χ3n) is 3.83. The largest absolute Gasteiger partial charge is 0.316 e. The van der Waals surface area contributed by atoms with Crippen LogP contribution in [-0.4, -0.2) is 36.3 Å². The van der Waals surface area contributed by atoms with Crippen LogP contribution in [0.3, 0.4) is 0 Å². The molecule has 1 aliphatic rings. The van der Waals surface area contributed by atoms with Gasteiger partial charge in [0.25, 0.3) is 0 Å². The van der Waals surface area contributed by atoms with Crippen LogP contribution in [0.5, 0.6) is 0 Å². The van der Waals surface area contributed by atoms with Gasteiger partial charge < -0.3 is 9.80 Å². The molecule has 0 radical (unpaired) electrons. The Kier molecular flexibility index (Phi) is 4.98. The van der Waals surface area contributed by atoms with Crippen molar-refractivity contribution in [3.63, 3.8) is 0 Å². The van der Waals surface area contributed by atoms with Crippen molar-refractivity contribution in [3.8, 4) is 12.1 Å². The second-order valence-corrected chi connectivity index (χ2v) is 5.76. The third-order valence-corrected chi connectivity index (χ3v) is 3.83. The Bertz CT molecular complexity index is 678. The number of hydrogen-bond acceptors (Lipinski definition) is 4. The predicted molar refractivity (Wildman–Crippen MR) is 84.2 cm³/mol. The van der Waals surface area contributed by atoms with Crippen LogP contribution in [0.4, 0.5) is 5.69 Å². The summed E-state index contributed by atoms with van der Waals surface area (Å²) < 4.78 is 0. The molecule has 0 aromatic heterocycles. The number of carbonyl (C=O) groups is 2. The second-order valence-electron chi connectivity index (χ2n) is 5.76. The first-order valence-electron chi connectivity index (χ1n) is 7.37. The van der Waals surface area contributed by atoms with Gasteiger partial charge >= 0.3 is 0 Å². The van der Waals surface area contributed by atoms with Gasteiger partial charge in [-0.2, -0.15) is 10.5 Å². The summed E-state index contributed by atoms with van der Waals surface area (Å²) in [5.41, 5.74) is 2.89. The molecular weight excluding hydrogens is 292 g/mol. The lowest BCUT2D eigenvalue weighted by Crippen LogP contribution is -2.38. The Morgan fingerprint density at radius 3 is 2.30 bits per heavy atom. The molecule has 1 aromatic rings. The maximum absolute atomic E-state index is 12.4. The molecule has 1 heterocycles. The van der Waals surface area contributed by atoms with Gasteiger partial charge in [0.1, 0.15) is 13.1 Å². The molecule has 1 aromatic carbocycles. The summed E-state index contributed by atoms with van der Waals surface area (Å²) in [4.78, 5) is 27.5. The lowest BCUT2D eigenvalue weighted by molar-refractivity contribution is -0.134. The van der Waals surface area contributed by atoms with E-state index in [-0.39, 0.29) is 37.9 Å². The van der Waals surface area contributed by atoms with E-state index < -0.39 is 5.92 Å². The van der Waals surface area contributed by atoms with Gasteiger partial charge in [0.2, 0.25) is 11.8 Å². The highest BCUT2D eigenvalue weighted by Crippen LogP contribution is 2.27. The molecule has 23 heavy (non-hydrogen) atoms. The van der Waals surface area contributed by atoms with Crippen molar-refractivity contribution in [3.05, 3.63) is 29.3 Å². The summed E-state index contributed by atoms with van der Waals surface area (Å²) in [5, 5.41) is 17.5. The standard InChI is InChI=1S/C17H18N4O2/c1-12-7-13(2)9-15(8-12)21-11-14(10-16(21)22)17(23)20(5-3-18)6-4-19/h7-9,14H,5-6,10-11H2,1-2H3. The number of anilines is 1. The van der Waals surface area contributed by atoms with Crippen molar-refractivity contribution in [2.24, 2.45) is 5.92 Å². The average molecular weight is 310 g/mol. The zero-order valence-corrected chi connectivity index (χ0v) is 13.2. The van der Waals surface area contributed by atoms with E-state index in [4.69, 9.17) is 10.5 Å². The van der Waals surface area contributed by atoms with Crippen LogP contribution in [0.2, 0.25) is 0 Å². The minimum absolute atomic E-state index is 0.109. The second kappa shape index (κ2) is 6.93. The van der Waals surface area contributed by atoms with E-state index in [1.807, 2.05) is 44.2 Å². The van der Waals surface area contributed by atoms with Crippen molar-refractivity contribution in [1.82, 2.24) is 4.90 Å². The lowest BCUT2D eigenvalue weighted by Gasteiger charge is -2.21. The van der Waals surface area contributed by atoms with Gasteiger partial charge in [0.15, 0.2) is 0 Å². The number of hydrogen-bond donors (Lipinski definition) is 0. The molecule has 2 amide bonds. The number of rotatable bonds is 4. The van der Waals surface area contributed by atoms with E-state index >= 15 is 0 Å². The molecule has 1 unspecified atom stereocenters. The fourth-order valence-corrected chi connectivity index (χ4v) is 2.87. The maximum atomic E-state index is 12.4. The molecule has 0 saturated carbocycles. The monoisotopic (exact) mass is 310 g/mol. The zero-order valence-electron chi connectivity index (χ0n) is 13.2. The van der Waals surface area contributed by atoms with Gasteiger partial charge in [-0.3, -0.25) is 9.59 Å². The van der Waals surface area contributed by atoms with Crippen LogP contribution in [0.1, 0.15) is 17.5 Å². The minimum atomic E-state index is -0.509. The summed E-state index contributed by atoms with van der Waals surface area (Å²) in [6.45, 7) is 3.93. The quantitative estimate of drug-likeness (QED) is 0.789. The number of amides is 2. The highest BCUT2D eigenvalue weighted by molar-refractivity contribution is 6.00. The summed E-state index contributed by atoms with van der Waals surface area (Å²) in [5.74, 6) is -0.930. The van der Waals surface area contributed by atoms with Crippen molar-refractivity contribution in [2.45, 2.75) is 20.3 Å². The normalized spacial score (nSPS) is 16.8. The van der Waals surface area contributed by atoms with Gasteiger partial charge in [-0.25, -0.2) is 0 Å². The Labute approximate surface area is 135 Å². The van der Waals surface area contributed by atoms with Gasteiger partial charge in [-0.05, 0) is 37.1 Å². The Hall–Kier alpha value is -2.86. The molecule has 0 aliphatic carbocycles. The topological polar surface area (TPSA) is 88.2 Å². The van der Waals surface area contributed by atoms with Crippen LogP contribution in [0, 0.1) is 42.4 Å². The van der Waals surface area contributed by atoms with Crippen molar-refractivity contribution >= 4 is 17.5 Å². The van der Waals surface area contributed by atoms with E-state index in [2.05, 4.69) is 0 Å². The van der Waals surface area contributed by atoms with E-state index in [0.29, 0.717) is 0 Å². The molecule has 6 heteroatoms. The maximum Gasteiger partial charge on any atom is 0.229 e. The summed E-state index contributed by atoms with van der Waals surface area (Å²) >= 11 is 0. The molecule has 0 N–H and O–H groups in total. The number of carbonyl (C=O) groups excluding carboxylic acids is 2. The predicted octanol–water partition coefficient (Wildman–Crippen LogP) is 1.53. The fraction of sp³-hybridized carbons (Fsp3) is 0.412. The summed E-state index contributed by atoms with van der Waals surface area (Å²) in [6.07, 6.45) is 0.110. The Balaban J connectivity index is 2.17. The first kappa shape index (κ1) is 16.5. The summed E-state index contributed by atoms with van der Waals surface area (Å²) in [6, 6.07) is 9.62. The number of nitrogens with zero attached hydrogens (tertiary/aromatic N) is 4. The van der Waals surface area contributed by atoms with Crippen LogP contribution in [0.25, 0.3) is 0 Å². The summed E-state index contributed by atoms with van der Waals surface area (Å²) in [7, 11) is 0. The molecule has 118 valence electrons. The Morgan fingerprint density at radius 2 is 1.78 bits per heavy atom. The van der Waals surface area contributed by atoms with Crippen molar-refractivity contribution in [1.29, 1.82) is 10.5 Å². The van der Waals surface area contributed by atoms with E-state index in [9.17, 15) is 9.59 Å². The molecule has 0 spiro atoms. The van der Waals surface area contributed by atoms with Crippen LogP contribution in [-0.2, 0) is 9.59 Å². The van der Waals surface area contributed by atoms with Crippen molar-refractivity contribution < 1.29 is 9.59 Å². The van der Waals surface area contributed by atoms with Crippen LogP contribution >= 0.6 is 0 Å². The molecule has 6 nitrogen and oxygen atoms in total. The van der Waals surface area contributed by atoms with E-state index in [0.717, 1.165) is 16.8 Å². The van der Waals surface area contributed by atoms with E-state index in [1.54, 1.807) is 4.90 Å². The van der Waals surface area contributed by atoms with Gasteiger partial charge in [0, 0.05) is 18.7 Å². The minimum Gasteiger partial charge on any atom is -0.316 e. The molecule has 2 rings (SSSR count). The van der Waals surface area contributed by atoms with E-state index in [1.165, 1.54) is 4.90 Å². The number of nitriles is 2. The molecule has 1 fully saturated rings. The first-order chi connectivity index (χ1) is 11.0. The van der Waals surface area contributed by atoms with Crippen LogP contribution < -0.4 is 4.90 Å². The fourth-order valence-electron chi connectivity index (χ4n) is 2.87.